The lowest BCUT2D eigenvalue weighted by Gasteiger charge is -2.10. The van der Waals surface area contributed by atoms with E-state index in [1.807, 2.05) is 32.0 Å². The number of halogens is 1. The molecule has 1 aromatic carbocycles. The van der Waals surface area contributed by atoms with Gasteiger partial charge in [-0.2, -0.15) is 4.57 Å². The number of anilines is 1. The number of aromatic nitrogens is 1. The van der Waals surface area contributed by atoms with Crippen LogP contribution in [0.3, 0.4) is 0 Å². The van der Waals surface area contributed by atoms with Gasteiger partial charge in [-0.15, -0.1) is 0 Å². The molecule has 0 atom stereocenters. The maximum atomic E-state index is 13.4. The molecule has 110 valence electrons. The van der Waals surface area contributed by atoms with E-state index in [1.165, 1.54) is 23.9 Å². The number of nitrogens with one attached hydrogen (secondary N) is 1. The molecule has 1 aromatic heterocycles. The summed E-state index contributed by atoms with van der Waals surface area (Å²) in [5.41, 5.74) is 2.78. The first-order valence-corrected chi connectivity index (χ1v) is 6.59. The lowest BCUT2D eigenvalue weighted by atomic mass is 10.1. The number of methoxy groups -OCH3 is 1. The van der Waals surface area contributed by atoms with E-state index in [4.69, 9.17) is 4.74 Å². The number of pyridine rings is 1. The molecule has 0 aliphatic carbocycles. The first-order valence-electron chi connectivity index (χ1n) is 6.59. The molecular weight excluding hydrogens is 271 g/mol. The highest BCUT2D eigenvalue weighted by Gasteiger charge is 2.14. The largest absolute Gasteiger partial charge is 0.491 e. The van der Waals surface area contributed by atoms with Gasteiger partial charge in [0, 0.05) is 11.8 Å². The Morgan fingerprint density at radius 2 is 1.95 bits per heavy atom. The molecule has 2 aromatic rings. The van der Waals surface area contributed by atoms with E-state index in [0.29, 0.717) is 5.75 Å². The molecule has 0 radical (unpaired) electrons. The number of ether oxygens (including phenoxy) is 1. The highest BCUT2D eigenvalue weighted by atomic mass is 19.1. The molecule has 1 heterocycles. The number of rotatable bonds is 4. The predicted octanol–water partition coefficient (Wildman–Crippen LogP) is 2.38. The van der Waals surface area contributed by atoms with Gasteiger partial charge in [0.2, 0.25) is 18.9 Å². The van der Waals surface area contributed by atoms with Gasteiger partial charge in [-0.3, -0.25) is 4.79 Å². The molecule has 21 heavy (non-hydrogen) atoms. The molecule has 0 saturated carbocycles. The van der Waals surface area contributed by atoms with Gasteiger partial charge in [-0.1, -0.05) is 18.2 Å². The van der Waals surface area contributed by atoms with Crippen LogP contribution in [-0.2, 0) is 11.3 Å². The van der Waals surface area contributed by atoms with Gasteiger partial charge in [-0.25, -0.2) is 4.39 Å². The quantitative estimate of drug-likeness (QED) is 0.878. The zero-order chi connectivity index (χ0) is 15.4. The van der Waals surface area contributed by atoms with Crippen molar-refractivity contribution in [1.29, 1.82) is 0 Å². The van der Waals surface area contributed by atoms with E-state index in [0.717, 1.165) is 16.8 Å². The summed E-state index contributed by atoms with van der Waals surface area (Å²) in [7, 11) is 1.45. The summed E-state index contributed by atoms with van der Waals surface area (Å²) < 4.78 is 19.8. The summed E-state index contributed by atoms with van der Waals surface area (Å²) in [6.07, 6.45) is 2.83. The van der Waals surface area contributed by atoms with Crippen molar-refractivity contribution in [2.75, 3.05) is 12.4 Å². The molecule has 0 spiro atoms. The number of carbonyl (C=O) groups excluding carboxylic acids is 1. The fourth-order valence-electron chi connectivity index (χ4n) is 2.13. The van der Waals surface area contributed by atoms with Crippen LogP contribution in [0, 0.1) is 19.7 Å². The second-order valence-corrected chi connectivity index (χ2v) is 4.88. The Morgan fingerprint density at radius 1 is 1.29 bits per heavy atom. The monoisotopic (exact) mass is 289 g/mol. The number of hydrogen-bond acceptors (Lipinski definition) is 2. The van der Waals surface area contributed by atoms with Gasteiger partial charge >= 0.3 is 0 Å². The standard InChI is InChI=1S/C16H17FN2O2/c1-11-5-4-6-12(2)16(11)18-15(20)10-19-8-13(17)7-14(9-19)21-3/h4-9H,10H2,1-3H3/p+1. The summed E-state index contributed by atoms with van der Waals surface area (Å²) in [5, 5.41) is 2.86. The number of para-hydroxylation sites is 1. The van der Waals surface area contributed by atoms with Crippen molar-refractivity contribution in [3.8, 4) is 5.75 Å². The molecule has 4 nitrogen and oxygen atoms in total. The second kappa shape index (κ2) is 6.35. The maximum absolute atomic E-state index is 13.4. The molecule has 5 heteroatoms. The van der Waals surface area contributed by atoms with Gasteiger partial charge < -0.3 is 10.1 Å². The highest BCUT2D eigenvalue weighted by molar-refractivity contribution is 5.91. The number of carbonyl (C=O) groups is 1. The Balaban J connectivity index is 2.14. The van der Waals surface area contributed by atoms with Gasteiger partial charge in [0.05, 0.1) is 7.11 Å². The molecule has 2 rings (SSSR count). The highest BCUT2D eigenvalue weighted by Crippen LogP contribution is 2.19. The molecule has 0 aliphatic rings. The third-order valence-electron chi connectivity index (χ3n) is 3.17. The Kier molecular flexibility index (Phi) is 4.52. The van der Waals surface area contributed by atoms with Crippen molar-refractivity contribution >= 4 is 11.6 Å². The Bertz CT molecular complexity index is 651. The summed E-state index contributed by atoms with van der Waals surface area (Å²) in [4.78, 5) is 12.1. The minimum atomic E-state index is -0.450. The molecule has 0 fully saturated rings. The van der Waals surface area contributed by atoms with Crippen molar-refractivity contribution in [3.63, 3.8) is 0 Å². The van der Waals surface area contributed by atoms with Crippen molar-refractivity contribution in [1.82, 2.24) is 0 Å². The lowest BCUT2D eigenvalue weighted by Crippen LogP contribution is -2.40. The van der Waals surface area contributed by atoms with Crippen LogP contribution < -0.4 is 14.6 Å². The fourth-order valence-corrected chi connectivity index (χ4v) is 2.13. The van der Waals surface area contributed by atoms with Crippen molar-refractivity contribution in [2.24, 2.45) is 0 Å². The fraction of sp³-hybridized carbons (Fsp3) is 0.250. The average molecular weight is 289 g/mol. The van der Waals surface area contributed by atoms with Gasteiger partial charge in [-0.05, 0) is 25.0 Å². The smallest absolute Gasteiger partial charge is 0.290 e. The first-order chi connectivity index (χ1) is 9.99. The molecule has 0 bridgehead atoms. The van der Waals surface area contributed by atoms with Crippen molar-refractivity contribution < 1.29 is 18.5 Å². The molecule has 0 unspecified atom stereocenters. The number of benzene rings is 1. The van der Waals surface area contributed by atoms with Crippen LogP contribution in [0.5, 0.6) is 5.75 Å². The Hall–Kier alpha value is -2.43. The lowest BCUT2D eigenvalue weighted by molar-refractivity contribution is -0.685. The van der Waals surface area contributed by atoms with Gasteiger partial charge in [0.1, 0.15) is 0 Å². The van der Waals surface area contributed by atoms with Crippen LogP contribution in [-0.4, -0.2) is 13.0 Å². The molecular formula is C16H18FN2O2+. The Labute approximate surface area is 123 Å². The first kappa shape index (κ1) is 15.0. The topological polar surface area (TPSA) is 42.2 Å². The number of amides is 1. The Morgan fingerprint density at radius 3 is 2.57 bits per heavy atom. The molecule has 0 aliphatic heterocycles. The van der Waals surface area contributed by atoms with Crippen LogP contribution in [0.15, 0.2) is 36.7 Å². The summed E-state index contributed by atoms with van der Waals surface area (Å²) in [6.45, 7) is 3.88. The van der Waals surface area contributed by atoms with Crippen LogP contribution in [0.4, 0.5) is 10.1 Å². The van der Waals surface area contributed by atoms with E-state index >= 15 is 0 Å². The van der Waals surface area contributed by atoms with Gasteiger partial charge in [0.25, 0.3) is 5.91 Å². The normalized spacial score (nSPS) is 10.3. The molecule has 0 saturated heterocycles. The molecule has 1 N–H and O–H groups in total. The number of nitrogens with zero attached hydrogens (tertiary/aromatic N) is 1. The zero-order valence-electron chi connectivity index (χ0n) is 12.3. The van der Waals surface area contributed by atoms with Crippen LogP contribution >= 0.6 is 0 Å². The number of aryl methyl sites for hydroxylation is 2. The predicted molar refractivity (Wildman–Crippen MR) is 77.7 cm³/mol. The van der Waals surface area contributed by atoms with E-state index in [1.54, 1.807) is 6.20 Å². The average Bonchev–Trinajstić information content (AvgIpc) is 2.42. The van der Waals surface area contributed by atoms with Gasteiger partial charge in [0.15, 0.2) is 11.6 Å². The summed E-state index contributed by atoms with van der Waals surface area (Å²) in [6, 6.07) is 7.06. The van der Waals surface area contributed by atoms with Crippen molar-refractivity contribution in [3.05, 3.63) is 53.6 Å². The summed E-state index contributed by atoms with van der Waals surface area (Å²) in [5.74, 6) is -0.297. The second-order valence-electron chi connectivity index (χ2n) is 4.88. The summed E-state index contributed by atoms with van der Waals surface area (Å²) >= 11 is 0. The van der Waals surface area contributed by atoms with Crippen LogP contribution in [0.2, 0.25) is 0 Å². The van der Waals surface area contributed by atoms with E-state index < -0.39 is 5.82 Å². The third-order valence-corrected chi connectivity index (χ3v) is 3.17. The van der Waals surface area contributed by atoms with E-state index in [9.17, 15) is 9.18 Å². The molecule has 1 amide bonds. The van der Waals surface area contributed by atoms with Crippen LogP contribution in [0.25, 0.3) is 0 Å². The minimum Gasteiger partial charge on any atom is -0.491 e. The maximum Gasteiger partial charge on any atom is 0.290 e. The van der Waals surface area contributed by atoms with E-state index in [-0.39, 0.29) is 12.5 Å². The van der Waals surface area contributed by atoms with E-state index in [2.05, 4.69) is 5.32 Å². The SMILES string of the molecule is COc1cc(F)c[n+](CC(=O)Nc2c(C)cccc2C)c1. The minimum absolute atomic E-state index is 0.0158. The van der Waals surface area contributed by atoms with Crippen molar-refractivity contribution in [2.45, 2.75) is 20.4 Å². The van der Waals surface area contributed by atoms with Crippen LogP contribution in [0.1, 0.15) is 11.1 Å². The zero-order valence-corrected chi connectivity index (χ0v) is 12.3. The third kappa shape index (κ3) is 3.78. The number of hydrogen-bond donors (Lipinski definition) is 1.